The van der Waals surface area contributed by atoms with E-state index in [9.17, 15) is 13.6 Å². The molecule has 1 aromatic heterocycles. The second-order valence-electron chi connectivity index (χ2n) is 3.08. The summed E-state index contributed by atoms with van der Waals surface area (Å²) in [5.74, 6) is -4.33. The molecule has 0 saturated heterocycles. The highest BCUT2D eigenvalue weighted by Gasteiger charge is 2.18. The number of carboxylic acids is 1. The van der Waals surface area contributed by atoms with Crippen LogP contribution < -0.4 is 5.73 Å². The van der Waals surface area contributed by atoms with Crippen molar-refractivity contribution in [1.82, 2.24) is 10.1 Å². The van der Waals surface area contributed by atoms with Crippen LogP contribution >= 0.6 is 0 Å². The summed E-state index contributed by atoms with van der Waals surface area (Å²) in [5, 5.41) is 11.6. The summed E-state index contributed by atoms with van der Waals surface area (Å²) in [6.45, 7) is 0. The van der Waals surface area contributed by atoms with Gasteiger partial charge in [0.05, 0.1) is 11.3 Å². The highest BCUT2D eigenvalue weighted by molar-refractivity contribution is 5.83. The minimum Gasteiger partial charge on any atom is -0.475 e. The lowest BCUT2D eigenvalue weighted by molar-refractivity contribution is 0.0680. The molecule has 2 aromatic rings. The van der Waals surface area contributed by atoms with E-state index in [1.807, 2.05) is 0 Å². The van der Waals surface area contributed by atoms with E-state index in [0.29, 0.717) is 6.07 Å². The van der Waals surface area contributed by atoms with Gasteiger partial charge >= 0.3 is 5.97 Å². The molecule has 0 amide bonds. The Morgan fingerprint density at radius 3 is 2.65 bits per heavy atom. The molecule has 8 heteroatoms. The van der Waals surface area contributed by atoms with E-state index in [1.54, 1.807) is 0 Å². The van der Waals surface area contributed by atoms with Crippen LogP contribution in [0.25, 0.3) is 11.5 Å². The zero-order chi connectivity index (χ0) is 12.6. The fourth-order valence-electron chi connectivity index (χ4n) is 1.15. The number of carbonyl (C=O) groups is 1. The lowest BCUT2D eigenvalue weighted by atomic mass is 10.2. The zero-order valence-corrected chi connectivity index (χ0v) is 8.15. The Kier molecular flexibility index (Phi) is 2.47. The Bertz CT molecular complexity index is 597. The molecule has 17 heavy (non-hydrogen) atoms. The predicted molar refractivity (Wildman–Crippen MR) is 51.0 cm³/mol. The molecule has 0 unspecified atom stereocenters. The number of hydrogen-bond acceptors (Lipinski definition) is 5. The zero-order valence-electron chi connectivity index (χ0n) is 8.15. The van der Waals surface area contributed by atoms with Crippen LogP contribution in [-0.4, -0.2) is 21.2 Å². The summed E-state index contributed by atoms with van der Waals surface area (Å²) in [6, 6.07) is 1.50. The number of anilines is 1. The summed E-state index contributed by atoms with van der Waals surface area (Å²) in [4.78, 5) is 13.9. The third-order valence-electron chi connectivity index (χ3n) is 1.93. The van der Waals surface area contributed by atoms with Gasteiger partial charge in [-0.05, 0) is 11.2 Å². The Morgan fingerprint density at radius 2 is 2.06 bits per heavy atom. The number of hydrogen-bond donors (Lipinski definition) is 2. The number of nitrogens with zero attached hydrogens (tertiary/aromatic N) is 2. The Hall–Kier alpha value is -2.51. The van der Waals surface area contributed by atoms with Crippen LogP contribution in [0.1, 0.15) is 10.6 Å². The van der Waals surface area contributed by atoms with Crippen LogP contribution in [0, 0.1) is 11.6 Å². The van der Waals surface area contributed by atoms with Gasteiger partial charge in [0.25, 0.3) is 11.7 Å². The van der Waals surface area contributed by atoms with Gasteiger partial charge in [-0.25, -0.2) is 13.6 Å². The number of rotatable bonds is 2. The van der Waals surface area contributed by atoms with E-state index in [-0.39, 0.29) is 17.1 Å². The quantitative estimate of drug-likeness (QED) is 0.768. The SMILES string of the molecule is Nc1cc(-c2nc(C(=O)O)no2)c(F)cc1F. The molecular weight excluding hydrogens is 236 g/mol. The molecule has 0 aliphatic rings. The van der Waals surface area contributed by atoms with Gasteiger partial charge in [-0.15, -0.1) is 0 Å². The first-order chi connectivity index (χ1) is 7.99. The van der Waals surface area contributed by atoms with Crippen molar-refractivity contribution in [2.45, 2.75) is 0 Å². The van der Waals surface area contributed by atoms with Gasteiger partial charge in [0.2, 0.25) is 0 Å². The molecular formula is C9H5F2N3O3. The molecule has 2 rings (SSSR count). The summed E-state index contributed by atoms with van der Waals surface area (Å²) in [5.41, 5.74) is 4.68. The average Bonchev–Trinajstić information content (AvgIpc) is 2.72. The highest BCUT2D eigenvalue weighted by atomic mass is 19.1. The van der Waals surface area contributed by atoms with Gasteiger partial charge in [0, 0.05) is 6.07 Å². The molecule has 0 atom stereocenters. The first-order valence-electron chi connectivity index (χ1n) is 4.31. The largest absolute Gasteiger partial charge is 0.475 e. The number of nitrogens with two attached hydrogens (primary N) is 1. The Balaban J connectivity index is 2.52. The second-order valence-corrected chi connectivity index (χ2v) is 3.08. The summed E-state index contributed by atoms with van der Waals surface area (Å²) < 4.78 is 30.8. The van der Waals surface area contributed by atoms with Crippen LogP contribution in [0.3, 0.4) is 0 Å². The minimum atomic E-state index is -1.42. The van der Waals surface area contributed by atoms with Crippen molar-refractivity contribution in [2.24, 2.45) is 0 Å². The predicted octanol–water partition coefficient (Wildman–Crippen LogP) is 1.30. The van der Waals surface area contributed by atoms with Crippen molar-refractivity contribution in [1.29, 1.82) is 0 Å². The van der Waals surface area contributed by atoms with Crippen LogP contribution in [0.2, 0.25) is 0 Å². The molecule has 0 fully saturated rings. The first kappa shape index (κ1) is 11.0. The molecule has 1 heterocycles. The molecule has 0 saturated carbocycles. The van der Waals surface area contributed by atoms with E-state index in [4.69, 9.17) is 10.8 Å². The number of halogens is 2. The van der Waals surface area contributed by atoms with Crippen molar-refractivity contribution in [3.8, 4) is 11.5 Å². The maximum absolute atomic E-state index is 13.4. The van der Waals surface area contributed by atoms with E-state index >= 15 is 0 Å². The molecule has 88 valence electrons. The van der Waals surface area contributed by atoms with Gasteiger partial charge < -0.3 is 15.4 Å². The Morgan fingerprint density at radius 1 is 1.35 bits per heavy atom. The van der Waals surface area contributed by atoms with Crippen LogP contribution in [0.4, 0.5) is 14.5 Å². The normalized spacial score (nSPS) is 10.5. The third kappa shape index (κ3) is 1.92. The number of nitrogen functional groups attached to an aromatic ring is 1. The van der Waals surface area contributed by atoms with Gasteiger partial charge in [0.1, 0.15) is 11.6 Å². The van der Waals surface area contributed by atoms with E-state index in [0.717, 1.165) is 6.07 Å². The fourth-order valence-corrected chi connectivity index (χ4v) is 1.15. The minimum absolute atomic E-state index is 0.260. The van der Waals surface area contributed by atoms with Crippen molar-refractivity contribution in [3.05, 3.63) is 29.6 Å². The number of benzene rings is 1. The van der Waals surface area contributed by atoms with E-state index in [2.05, 4.69) is 14.7 Å². The fraction of sp³-hybridized carbons (Fsp3) is 0. The van der Waals surface area contributed by atoms with Crippen molar-refractivity contribution >= 4 is 11.7 Å². The highest BCUT2D eigenvalue weighted by Crippen LogP contribution is 2.25. The molecule has 3 N–H and O–H groups in total. The van der Waals surface area contributed by atoms with Crippen molar-refractivity contribution in [2.75, 3.05) is 5.73 Å². The number of carboxylic acid groups (broad SMARTS) is 1. The van der Waals surface area contributed by atoms with Gasteiger partial charge in [-0.3, -0.25) is 0 Å². The van der Waals surface area contributed by atoms with Gasteiger partial charge in [-0.2, -0.15) is 4.98 Å². The molecule has 0 aliphatic carbocycles. The van der Waals surface area contributed by atoms with Gasteiger partial charge in [-0.1, -0.05) is 0 Å². The lowest BCUT2D eigenvalue weighted by Gasteiger charge is -2.00. The van der Waals surface area contributed by atoms with E-state index < -0.39 is 23.4 Å². The third-order valence-corrected chi connectivity index (χ3v) is 1.93. The maximum Gasteiger partial charge on any atom is 0.377 e. The van der Waals surface area contributed by atoms with Crippen LogP contribution in [-0.2, 0) is 0 Å². The molecule has 1 aromatic carbocycles. The first-order valence-corrected chi connectivity index (χ1v) is 4.31. The summed E-state index contributed by atoms with van der Waals surface area (Å²) in [7, 11) is 0. The maximum atomic E-state index is 13.4. The van der Waals surface area contributed by atoms with Crippen molar-refractivity contribution in [3.63, 3.8) is 0 Å². The second kappa shape index (κ2) is 3.81. The standard InChI is InChI=1S/C9H5F2N3O3/c10-4-2-5(11)6(12)1-3(4)8-13-7(9(15)16)14-17-8/h1-2H,12H2,(H,15,16). The van der Waals surface area contributed by atoms with Crippen LogP contribution in [0.15, 0.2) is 16.7 Å². The molecule has 0 spiro atoms. The van der Waals surface area contributed by atoms with Gasteiger partial charge in [0.15, 0.2) is 0 Å². The van der Waals surface area contributed by atoms with Crippen molar-refractivity contribution < 1.29 is 23.2 Å². The molecule has 0 aliphatic heterocycles. The lowest BCUT2D eigenvalue weighted by Crippen LogP contribution is -1.99. The molecule has 6 nitrogen and oxygen atoms in total. The monoisotopic (exact) mass is 241 g/mol. The topological polar surface area (TPSA) is 102 Å². The number of aromatic carboxylic acids is 1. The number of aromatic nitrogens is 2. The van der Waals surface area contributed by atoms with Crippen LogP contribution in [0.5, 0.6) is 0 Å². The Labute approximate surface area is 92.7 Å². The summed E-state index contributed by atoms with van der Waals surface area (Å²) >= 11 is 0. The van der Waals surface area contributed by atoms with E-state index in [1.165, 1.54) is 0 Å². The molecule has 0 bridgehead atoms. The smallest absolute Gasteiger partial charge is 0.377 e. The molecule has 0 radical (unpaired) electrons. The summed E-state index contributed by atoms with van der Waals surface area (Å²) in [6.07, 6.45) is 0. The average molecular weight is 241 g/mol.